The van der Waals surface area contributed by atoms with Gasteiger partial charge in [-0.3, -0.25) is 9.48 Å². The van der Waals surface area contributed by atoms with Gasteiger partial charge < -0.3 is 15.1 Å². The zero-order valence-corrected chi connectivity index (χ0v) is 14.3. The molecule has 0 unspecified atom stereocenters. The van der Waals surface area contributed by atoms with Crippen LogP contribution in [-0.2, 0) is 7.05 Å². The van der Waals surface area contributed by atoms with Gasteiger partial charge in [0.1, 0.15) is 0 Å². The standard InChI is InChI=1S/C16H27N5O2/c1-4-5-7-17-16(23)21-9-6-8-20(10-11-21)15(22)14-12-18-19(3)13(14)2/h12H,4-11H2,1-3H3,(H,17,23). The molecule has 7 heteroatoms. The van der Waals surface area contributed by atoms with Crippen LogP contribution in [0.3, 0.4) is 0 Å². The number of amides is 3. The van der Waals surface area contributed by atoms with Crippen LogP contribution in [0.4, 0.5) is 4.79 Å². The smallest absolute Gasteiger partial charge is 0.317 e. The second-order valence-corrected chi connectivity index (χ2v) is 5.99. The molecule has 1 aromatic rings. The van der Waals surface area contributed by atoms with Gasteiger partial charge in [0.15, 0.2) is 0 Å². The van der Waals surface area contributed by atoms with Crippen LogP contribution in [0.15, 0.2) is 6.20 Å². The van der Waals surface area contributed by atoms with E-state index in [0.29, 0.717) is 38.3 Å². The number of carbonyl (C=O) groups excluding carboxylic acids is 2. The normalized spacial score (nSPS) is 15.4. The third-order valence-electron chi connectivity index (χ3n) is 4.34. The summed E-state index contributed by atoms with van der Waals surface area (Å²) in [7, 11) is 1.83. The fourth-order valence-electron chi connectivity index (χ4n) is 2.69. The number of aromatic nitrogens is 2. The largest absolute Gasteiger partial charge is 0.338 e. The van der Waals surface area contributed by atoms with Crippen molar-refractivity contribution in [3.8, 4) is 0 Å². The van der Waals surface area contributed by atoms with Crippen LogP contribution in [0.1, 0.15) is 42.2 Å². The van der Waals surface area contributed by atoms with Gasteiger partial charge in [0, 0.05) is 45.5 Å². The first kappa shape index (κ1) is 17.3. The van der Waals surface area contributed by atoms with Gasteiger partial charge in [-0.15, -0.1) is 0 Å². The molecule has 1 N–H and O–H groups in total. The second kappa shape index (κ2) is 7.99. The third-order valence-corrected chi connectivity index (χ3v) is 4.34. The van der Waals surface area contributed by atoms with Gasteiger partial charge in [-0.25, -0.2) is 4.79 Å². The van der Waals surface area contributed by atoms with E-state index < -0.39 is 0 Å². The van der Waals surface area contributed by atoms with Gasteiger partial charge in [-0.2, -0.15) is 5.10 Å². The highest BCUT2D eigenvalue weighted by Crippen LogP contribution is 2.12. The summed E-state index contributed by atoms with van der Waals surface area (Å²) in [6.45, 7) is 7.20. The lowest BCUT2D eigenvalue weighted by molar-refractivity contribution is 0.0761. The zero-order chi connectivity index (χ0) is 16.8. The number of hydrogen-bond donors (Lipinski definition) is 1. The average molecular weight is 321 g/mol. The maximum Gasteiger partial charge on any atom is 0.317 e. The lowest BCUT2D eigenvalue weighted by Crippen LogP contribution is -2.42. The summed E-state index contributed by atoms with van der Waals surface area (Å²) in [4.78, 5) is 28.4. The van der Waals surface area contributed by atoms with Crippen LogP contribution in [0, 0.1) is 6.92 Å². The fraction of sp³-hybridized carbons (Fsp3) is 0.688. The first-order valence-corrected chi connectivity index (χ1v) is 8.35. The molecule has 0 bridgehead atoms. The van der Waals surface area contributed by atoms with E-state index in [9.17, 15) is 9.59 Å². The summed E-state index contributed by atoms with van der Waals surface area (Å²) < 4.78 is 1.71. The number of nitrogens with one attached hydrogen (secondary N) is 1. The van der Waals surface area contributed by atoms with Crippen molar-refractivity contribution in [1.82, 2.24) is 24.9 Å². The van der Waals surface area contributed by atoms with Crippen molar-refractivity contribution in [3.63, 3.8) is 0 Å². The van der Waals surface area contributed by atoms with E-state index >= 15 is 0 Å². The van der Waals surface area contributed by atoms with Gasteiger partial charge in [-0.1, -0.05) is 13.3 Å². The van der Waals surface area contributed by atoms with E-state index in [-0.39, 0.29) is 11.9 Å². The summed E-state index contributed by atoms with van der Waals surface area (Å²) in [5.74, 6) is 0.00356. The van der Waals surface area contributed by atoms with Crippen LogP contribution in [0.2, 0.25) is 0 Å². The molecule has 128 valence electrons. The molecule has 0 aromatic carbocycles. The Balaban J connectivity index is 1.92. The van der Waals surface area contributed by atoms with Gasteiger partial charge >= 0.3 is 6.03 Å². The first-order valence-electron chi connectivity index (χ1n) is 8.35. The van der Waals surface area contributed by atoms with E-state index in [0.717, 1.165) is 25.0 Å². The predicted octanol–water partition coefficient (Wildman–Crippen LogP) is 1.39. The number of aryl methyl sites for hydroxylation is 1. The Hall–Kier alpha value is -2.05. The first-order chi connectivity index (χ1) is 11.0. The lowest BCUT2D eigenvalue weighted by atomic mass is 10.2. The van der Waals surface area contributed by atoms with E-state index in [1.165, 1.54) is 0 Å². The summed E-state index contributed by atoms with van der Waals surface area (Å²) in [6.07, 6.45) is 4.47. The summed E-state index contributed by atoms with van der Waals surface area (Å²) in [6, 6.07) is -0.0229. The molecular formula is C16H27N5O2. The molecule has 1 aliphatic heterocycles. The average Bonchev–Trinajstić information content (AvgIpc) is 2.76. The van der Waals surface area contributed by atoms with Gasteiger partial charge in [-0.05, 0) is 19.8 Å². The highest BCUT2D eigenvalue weighted by atomic mass is 16.2. The Morgan fingerprint density at radius 3 is 2.57 bits per heavy atom. The molecule has 0 aliphatic carbocycles. The Labute approximate surface area is 137 Å². The maximum atomic E-state index is 12.6. The van der Waals surface area contributed by atoms with Crippen molar-refractivity contribution in [1.29, 1.82) is 0 Å². The quantitative estimate of drug-likeness (QED) is 0.852. The Morgan fingerprint density at radius 2 is 1.91 bits per heavy atom. The highest BCUT2D eigenvalue weighted by Gasteiger charge is 2.24. The fourth-order valence-corrected chi connectivity index (χ4v) is 2.69. The molecule has 1 aromatic heterocycles. The monoisotopic (exact) mass is 321 g/mol. The van der Waals surface area contributed by atoms with Crippen molar-refractivity contribution >= 4 is 11.9 Å². The number of nitrogens with zero attached hydrogens (tertiary/aromatic N) is 4. The Kier molecular flexibility index (Phi) is 6.01. The molecule has 1 saturated heterocycles. The van der Waals surface area contributed by atoms with E-state index in [2.05, 4.69) is 17.3 Å². The third kappa shape index (κ3) is 4.24. The van der Waals surface area contributed by atoms with Crippen molar-refractivity contribution in [2.24, 2.45) is 7.05 Å². The molecule has 3 amide bonds. The van der Waals surface area contributed by atoms with E-state index in [1.807, 2.05) is 18.9 Å². The second-order valence-electron chi connectivity index (χ2n) is 5.99. The van der Waals surface area contributed by atoms with Crippen molar-refractivity contribution in [2.45, 2.75) is 33.1 Å². The minimum atomic E-state index is -0.0229. The van der Waals surface area contributed by atoms with E-state index in [1.54, 1.807) is 15.8 Å². The minimum Gasteiger partial charge on any atom is -0.338 e. The molecule has 1 fully saturated rings. The van der Waals surface area contributed by atoms with Crippen LogP contribution < -0.4 is 5.32 Å². The molecular weight excluding hydrogens is 294 g/mol. The molecule has 0 spiro atoms. The number of rotatable bonds is 4. The predicted molar refractivity (Wildman–Crippen MR) is 88.3 cm³/mol. The SMILES string of the molecule is CCCCNC(=O)N1CCCN(C(=O)c2cnn(C)c2C)CC1. The summed E-state index contributed by atoms with van der Waals surface area (Å²) in [5.41, 5.74) is 1.52. The molecule has 2 rings (SSSR count). The van der Waals surface area contributed by atoms with Crippen molar-refractivity contribution in [2.75, 3.05) is 32.7 Å². The molecule has 23 heavy (non-hydrogen) atoms. The Bertz CT molecular complexity index is 555. The van der Waals surface area contributed by atoms with Crippen LogP contribution in [0.25, 0.3) is 0 Å². The van der Waals surface area contributed by atoms with Crippen molar-refractivity contribution in [3.05, 3.63) is 17.5 Å². The number of unbranched alkanes of at least 4 members (excludes halogenated alkanes) is 1. The minimum absolute atomic E-state index is 0.00356. The van der Waals surface area contributed by atoms with Gasteiger partial charge in [0.2, 0.25) is 0 Å². The molecule has 0 radical (unpaired) electrons. The summed E-state index contributed by atoms with van der Waals surface area (Å²) in [5, 5.41) is 7.07. The molecule has 2 heterocycles. The van der Waals surface area contributed by atoms with Crippen LogP contribution in [-0.4, -0.2) is 64.2 Å². The zero-order valence-electron chi connectivity index (χ0n) is 14.3. The molecule has 1 aliphatic rings. The number of carbonyl (C=O) groups is 2. The number of urea groups is 1. The van der Waals surface area contributed by atoms with Crippen LogP contribution >= 0.6 is 0 Å². The van der Waals surface area contributed by atoms with Crippen molar-refractivity contribution < 1.29 is 9.59 Å². The topological polar surface area (TPSA) is 70.5 Å². The van der Waals surface area contributed by atoms with Crippen LogP contribution in [0.5, 0.6) is 0 Å². The number of hydrogen-bond acceptors (Lipinski definition) is 3. The van der Waals surface area contributed by atoms with E-state index in [4.69, 9.17) is 0 Å². The highest BCUT2D eigenvalue weighted by molar-refractivity contribution is 5.95. The summed E-state index contributed by atoms with van der Waals surface area (Å²) >= 11 is 0. The maximum absolute atomic E-state index is 12.6. The molecule has 0 saturated carbocycles. The molecule has 7 nitrogen and oxygen atoms in total. The van der Waals surface area contributed by atoms with Gasteiger partial charge in [0.05, 0.1) is 11.8 Å². The Morgan fingerprint density at radius 1 is 1.22 bits per heavy atom. The lowest BCUT2D eigenvalue weighted by Gasteiger charge is -2.22. The van der Waals surface area contributed by atoms with Gasteiger partial charge in [0.25, 0.3) is 5.91 Å². The molecule has 0 atom stereocenters.